The first-order valence-electron chi connectivity index (χ1n) is 11.4. The molecular formula is C23H25F7N2O3. The van der Waals surface area contributed by atoms with Crippen molar-refractivity contribution in [1.82, 2.24) is 10.6 Å². The largest absolute Gasteiger partial charge is 0.435 e. The highest BCUT2D eigenvalue weighted by atomic mass is 19.4. The molecule has 0 aliphatic heterocycles. The van der Waals surface area contributed by atoms with E-state index in [0.29, 0.717) is 49.8 Å². The SMILES string of the molecule is O=C(CO)N[C@H]1C[C@@H](NC(=O)[C@@H]2CC[C@H]3c4ccc(C(F)(C(F)(F)F)C(F)(F)F)cc4CC[C@@H]23)C1. The lowest BCUT2D eigenvalue weighted by atomic mass is 9.73. The number of aliphatic hydroxyl groups excluding tert-OH is 1. The molecule has 0 aromatic heterocycles. The molecule has 3 N–H and O–H groups in total. The molecule has 0 heterocycles. The highest BCUT2D eigenvalue weighted by Gasteiger charge is 2.73. The summed E-state index contributed by atoms with van der Waals surface area (Å²) < 4.78 is 93.4. The third kappa shape index (κ3) is 4.49. The monoisotopic (exact) mass is 510 g/mol. The normalized spacial score (nSPS) is 28.5. The van der Waals surface area contributed by atoms with Crippen molar-refractivity contribution in [3.63, 3.8) is 0 Å². The van der Waals surface area contributed by atoms with Gasteiger partial charge >= 0.3 is 18.0 Å². The van der Waals surface area contributed by atoms with Crippen LogP contribution >= 0.6 is 0 Å². The molecule has 1 aromatic carbocycles. The van der Waals surface area contributed by atoms with Crippen molar-refractivity contribution < 1.29 is 45.4 Å². The molecule has 0 bridgehead atoms. The number of aryl methyl sites for hydroxylation is 1. The van der Waals surface area contributed by atoms with Crippen LogP contribution in [0.3, 0.4) is 0 Å². The molecule has 2 saturated carbocycles. The molecule has 3 aliphatic carbocycles. The van der Waals surface area contributed by atoms with Crippen LogP contribution in [0.2, 0.25) is 0 Å². The number of halogens is 7. The third-order valence-electron chi connectivity index (χ3n) is 7.62. The average molecular weight is 510 g/mol. The molecule has 12 heteroatoms. The Morgan fingerprint density at radius 3 is 2.14 bits per heavy atom. The number of aliphatic hydroxyl groups is 1. The molecule has 35 heavy (non-hydrogen) atoms. The second-order valence-electron chi connectivity index (χ2n) is 9.66. The average Bonchev–Trinajstić information content (AvgIpc) is 3.19. The summed E-state index contributed by atoms with van der Waals surface area (Å²) in [6, 6.07) is 2.14. The maximum absolute atomic E-state index is 14.5. The van der Waals surface area contributed by atoms with Gasteiger partial charge in [0.15, 0.2) is 0 Å². The fourth-order valence-electron chi connectivity index (χ4n) is 5.83. The van der Waals surface area contributed by atoms with E-state index >= 15 is 0 Å². The Balaban J connectivity index is 1.45. The quantitative estimate of drug-likeness (QED) is 0.528. The number of carbonyl (C=O) groups excluding carboxylic acids is 2. The van der Waals surface area contributed by atoms with E-state index < -0.39 is 36.1 Å². The summed E-state index contributed by atoms with van der Waals surface area (Å²) in [5.74, 6) is -1.31. The van der Waals surface area contributed by atoms with Gasteiger partial charge in [0.25, 0.3) is 0 Å². The molecule has 0 saturated heterocycles. The van der Waals surface area contributed by atoms with E-state index in [1.54, 1.807) is 0 Å². The number of nitrogens with one attached hydrogen (secondary N) is 2. The first kappa shape index (κ1) is 25.7. The minimum atomic E-state index is -6.16. The number of amides is 2. The Morgan fingerprint density at radius 2 is 1.54 bits per heavy atom. The summed E-state index contributed by atoms with van der Waals surface area (Å²) in [5, 5.41) is 14.3. The molecule has 194 valence electrons. The van der Waals surface area contributed by atoms with Gasteiger partial charge in [0.05, 0.1) is 0 Å². The number of benzene rings is 1. The predicted molar refractivity (Wildman–Crippen MR) is 109 cm³/mol. The molecule has 0 spiro atoms. The maximum Gasteiger partial charge on any atom is 0.435 e. The summed E-state index contributed by atoms with van der Waals surface area (Å²) in [7, 11) is 0. The van der Waals surface area contributed by atoms with Crippen molar-refractivity contribution in [3.05, 3.63) is 34.9 Å². The first-order valence-corrected chi connectivity index (χ1v) is 11.4. The zero-order valence-electron chi connectivity index (χ0n) is 18.5. The van der Waals surface area contributed by atoms with Crippen LogP contribution < -0.4 is 10.6 Å². The van der Waals surface area contributed by atoms with Crippen LogP contribution in [0.5, 0.6) is 0 Å². The fourth-order valence-corrected chi connectivity index (χ4v) is 5.83. The third-order valence-corrected chi connectivity index (χ3v) is 7.62. The Hall–Kier alpha value is -2.37. The van der Waals surface area contributed by atoms with Crippen LogP contribution in [0.4, 0.5) is 30.7 Å². The molecule has 0 radical (unpaired) electrons. The molecule has 5 nitrogen and oxygen atoms in total. The number of hydrogen-bond donors (Lipinski definition) is 3. The van der Waals surface area contributed by atoms with Gasteiger partial charge in [-0.25, -0.2) is 4.39 Å². The molecule has 3 aliphatic rings. The van der Waals surface area contributed by atoms with Gasteiger partial charge in [0.2, 0.25) is 11.8 Å². The number of alkyl halides is 7. The molecular weight excluding hydrogens is 485 g/mol. The van der Waals surface area contributed by atoms with Gasteiger partial charge < -0.3 is 15.7 Å². The molecule has 2 amide bonds. The Kier molecular flexibility index (Phi) is 6.56. The summed E-state index contributed by atoms with van der Waals surface area (Å²) in [6.45, 7) is -0.611. The Labute approximate surface area is 196 Å². The number of carbonyl (C=O) groups is 2. The van der Waals surface area contributed by atoms with Gasteiger partial charge in [-0.2, -0.15) is 26.3 Å². The van der Waals surface area contributed by atoms with E-state index in [9.17, 15) is 40.3 Å². The van der Waals surface area contributed by atoms with Crippen LogP contribution in [0.15, 0.2) is 18.2 Å². The summed E-state index contributed by atoms with van der Waals surface area (Å²) in [4.78, 5) is 24.1. The standard InChI is InChI=1S/C23H25F7N2O3/c24-21(22(25,26)27,23(28,29)30)12-2-4-15-11(7-12)1-3-17-16(15)5-6-18(17)20(35)32-14-8-13(9-14)31-19(34)10-33/h2,4,7,13-14,16-18,33H,1,3,5-6,8-10H2,(H,31,34)(H,32,35)/t13-,14+,16-,17+,18+/m0/s1. The van der Waals surface area contributed by atoms with E-state index in [1.165, 1.54) is 0 Å². The molecule has 4 rings (SSSR count). The van der Waals surface area contributed by atoms with Crippen LogP contribution in [-0.4, -0.2) is 48.0 Å². The van der Waals surface area contributed by atoms with Crippen molar-refractivity contribution in [2.24, 2.45) is 11.8 Å². The van der Waals surface area contributed by atoms with Gasteiger partial charge in [-0.05, 0) is 61.5 Å². The van der Waals surface area contributed by atoms with Crippen molar-refractivity contribution in [3.8, 4) is 0 Å². The maximum atomic E-state index is 14.5. The topological polar surface area (TPSA) is 78.4 Å². The van der Waals surface area contributed by atoms with Gasteiger partial charge in [-0.1, -0.05) is 18.2 Å². The van der Waals surface area contributed by atoms with Crippen molar-refractivity contribution in [1.29, 1.82) is 0 Å². The summed E-state index contributed by atoms with van der Waals surface area (Å²) >= 11 is 0. The second kappa shape index (κ2) is 8.94. The highest BCUT2D eigenvalue weighted by Crippen LogP contribution is 2.55. The molecule has 1 aromatic rings. The minimum absolute atomic E-state index is 0.112. The first-order chi connectivity index (χ1) is 16.3. The highest BCUT2D eigenvalue weighted by molar-refractivity contribution is 5.80. The van der Waals surface area contributed by atoms with Gasteiger partial charge in [0.1, 0.15) is 6.61 Å². The number of rotatable bonds is 5. The van der Waals surface area contributed by atoms with E-state index in [2.05, 4.69) is 10.6 Å². The van der Waals surface area contributed by atoms with E-state index in [0.717, 1.165) is 6.07 Å². The summed E-state index contributed by atoms with van der Waals surface area (Å²) in [5.41, 5.74) is -6.11. The summed E-state index contributed by atoms with van der Waals surface area (Å²) in [6.07, 6.45) is -9.62. The van der Waals surface area contributed by atoms with Crippen LogP contribution in [0.25, 0.3) is 0 Å². The van der Waals surface area contributed by atoms with Crippen molar-refractivity contribution in [2.75, 3.05) is 6.61 Å². The fraction of sp³-hybridized carbons (Fsp3) is 0.652. The molecule has 3 atom stereocenters. The van der Waals surface area contributed by atoms with Crippen LogP contribution in [-0.2, 0) is 21.7 Å². The van der Waals surface area contributed by atoms with Gasteiger partial charge in [-0.15, -0.1) is 0 Å². The lowest BCUT2D eigenvalue weighted by Crippen LogP contribution is -2.55. The zero-order valence-corrected chi connectivity index (χ0v) is 18.5. The Morgan fingerprint density at radius 1 is 0.914 bits per heavy atom. The van der Waals surface area contributed by atoms with Crippen LogP contribution in [0, 0.1) is 11.8 Å². The van der Waals surface area contributed by atoms with Gasteiger partial charge in [-0.3, -0.25) is 9.59 Å². The number of hydrogen-bond acceptors (Lipinski definition) is 3. The van der Waals surface area contributed by atoms with E-state index in [4.69, 9.17) is 5.11 Å². The predicted octanol–water partition coefficient (Wildman–Crippen LogP) is 3.79. The van der Waals surface area contributed by atoms with Crippen LogP contribution in [0.1, 0.15) is 54.7 Å². The number of fused-ring (bicyclic) bond motifs is 3. The Bertz CT molecular complexity index is 974. The van der Waals surface area contributed by atoms with Crippen molar-refractivity contribution >= 4 is 11.8 Å². The lowest BCUT2D eigenvalue weighted by Gasteiger charge is -2.38. The second-order valence-corrected chi connectivity index (χ2v) is 9.66. The minimum Gasteiger partial charge on any atom is -0.387 e. The zero-order chi connectivity index (χ0) is 25.8. The van der Waals surface area contributed by atoms with E-state index in [1.807, 2.05) is 0 Å². The smallest absolute Gasteiger partial charge is 0.387 e. The lowest BCUT2D eigenvalue weighted by molar-refractivity contribution is -0.348. The van der Waals surface area contributed by atoms with Crippen molar-refractivity contribution in [2.45, 2.75) is 74.5 Å². The molecule has 0 unspecified atom stereocenters. The molecule has 2 fully saturated rings. The van der Waals surface area contributed by atoms with E-state index in [-0.39, 0.29) is 47.7 Å². The van der Waals surface area contributed by atoms with Gasteiger partial charge in [0, 0.05) is 23.6 Å².